The van der Waals surface area contributed by atoms with Gasteiger partial charge in [0, 0.05) is 49.3 Å². The molecule has 9 nitrogen and oxygen atoms in total. The molecule has 5 aliphatic rings. The van der Waals surface area contributed by atoms with Crippen LogP contribution >= 0.6 is 0 Å². The predicted octanol–water partition coefficient (Wildman–Crippen LogP) is 3.00. The van der Waals surface area contributed by atoms with E-state index in [2.05, 4.69) is 25.3 Å². The van der Waals surface area contributed by atoms with E-state index < -0.39 is 12.0 Å². The molecule has 3 aliphatic carbocycles. The number of H-pyrrole nitrogens is 1. The van der Waals surface area contributed by atoms with E-state index in [0.29, 0.717) is 30.1 Å². The minimum Gasteiger partial charge on any atom is -0.323 e. The summed E-state index contributed by atoms with van der Waals surface area (Å²) < 4.78 is 40.0. The fourth-order valence-electron chi connectivity index (χ4n) is 6.73. The Morgan fingerprint density at radius 3 is 2.29 bits per heavy atom. The third kappa shape index (κ3) is 3.31. The van der Waals surface area contributed by atoms with Gasteiger partial charge in [-0.2, -0.15) is 18.3 Å². The van der Waals surface area contributed by atoms with Crippen molar-refractivity contribution in [1.82, 2.24) is 39.7 Å². The maximum absolute atomic E-state index is 12.9. The van der Waals surface area contributed by atoms with Crippen LogP contribution in [0.5, 0.6) is 0 Å². The normalized spacial score (nSPS) is 25.7. The van der Waals surface area contributed by atoms with Crippen molar-refractivity contribution in [2.45, 2.75) is 63.1 Å². The molecule has 2 aromatic rings. The average molecular weight is 477 g/mol. The molecule has 2 aromatic heterocycles. The van der Waals surface area contributed by atoms with E-state index in [-0.39, 0.29) is 16.9 Å². The van der Waals surface area contributed by atoms with Crippen LogP contribution in [0.25, 0.3) is 0 Å². The summed E-state index contributed by atoms with van der Waals surface area (Å²) in [4.78, 5) is 24.8. The van der Waals surface area contributed by atoms with Gasteiger partial charge in [0.2, 0.25) is 0 Å². The molecule has 12 heteroatoms. The van der Waals surface area contributed by atoms with Crippen LogP contribution in [0.15, 0.2) is 6.33 Å². The predicted molar refractivity (Wildman–Crippen MR) is 111 cm³/mol. The molecule has 2 amide bonds. The lowest BCUT2D eigenvalue weighted by atomic mass is 9.57. The Bertz CT molecular complexity index is 1110. The van der Waals surface area contributed by atoms with E-state index in [1.807, 2.05) is 20.8 Å². The van der Waals surface area contributed by atoms with Crippen LogP contribution in [0.3, 0.4) is 0 Å². The summed E-state index contributed by atoms with van der Waals surface area (Å²) in [5, 5.41) is 10.3. The Balaban J connectivity index is 0.844. The number of urea groups is 1. The summed E-state index contributed by atoms with van der Waals surface area (Å²) in [6.45, 7) is 3.15. The van der Waals surface area contributed by atoms with Crippen molar-refractivity contribution in [3.8, 4) is 0 Å². The number of nitrogens with zero attached hydrogens (tertiary/aromatic N) is 7. The van der Waals surface area contributed by atoms with Gasteiger partial charge < -0.3 is 9.80 Å². The number of hydrogen-bond acceptors (Lipinski definition) is 5. The molecular weight excluding hydrogens is 449 g/mol. The summed E-state index contributed by atoms with van der Waals surface area (Å²) in [6, 6.07) is 0.540. The minimum atomic E-state index is -4.52. The number of nitrogens with one attached hydrogen (secondary N) is 1. The van der Waals surface area contributed by atoms with Crippen LogP contribution in [-0.2, 0) is 12.6 Å². The number of aromatic amines is 1. The number of aromatic nitrogens is 6. The van der Waals surface area contributed by atoms with Crippen molar-refractivity contribution in [3.05, 3.63) is 23.8 Å². The van der Waals surface area contributed by atoms with Gasteiger partial charge in [0.05, 0.1) is 6.04 Å². The molecule has 0 atom stereocenters. The summed E-state index contributed by atoms with van der Waals surface area (Å²) in [6.07, 6.45) is 4.21. The Labute approximate surface area is 194 Å². The summed E-state index contributed by atoms with van der Waals surface area (Å²) in [7, 11) is 0. The largest absolute Gasteiger partial charge is 0.453 e. The Hall–Kier alpha value is -2.66. The van der Waals surface area contributed by atoms with Crippen LogP contribution in [0.2, 0.25) is 0 Å². The third-order valence-corrected chi connectivity index (χ3v) is 8.54. The molecule has 3 saturated carbocycles. The van der Waals surface area contributed by atoms with Gasteiger partial charge in [0.15, 0.2) is 5.82 Å². The molecule has 7 rings (SSSR count). The van der Waals surface area contributed by atoms with Gasteiger partial charge in [-0.05, 0) is 44.4 Å². The van der Waals surface area contributed by atoms with Crippen LogP contribution in [0, 0.1) is 16.7 Å². The summed E-state index contributed by atoms with van der Waals surface area (Å²) in [5.74, 6) is 1.04. The van der Waals surface area contributed by atoms with E-state index in [0.717, 1.165) is 57.7 Å². The first-order valence-corrected chi connectivity index (χ1v) is 12.1. The highest BCUT2D eigenvalue weighted by atomic mass is 19.4. The van der Waals surface area contributed by atoms with Crippen molar-refractivity contribution in [2.24, 2.45) is 16.7 Å². The number of amides is 2. The van der Waals surface area contributed by atoms with Crippen LogP contribution < -0.4 is 0 Å². The molecule has 2 aliphatic heterocycles. The zero-order valence-electron chi connectivity index (χ0n) is 18.8. The standard InChI is InChI=1S/C22H27F3N8O/c23-22(24,25)18-27-16(28-29-18)3-13-4-20(5-13)8-31(9-20)19(34)32-10-21(11-32)6-15(7-21)33-12-26-17(30-33)14-1-2-14/h12-15H,1-11H2,(H,27,28,29). The number of carbonyl (C=O) groups excluding carboxylic acids is 1. The molecule has 4 heterocycles. The molecular formula is C22H27F3N8O. The molecule has 0 aromatic carbocycles. The Morgan fingerprint density at radius 1 is 1.06 bits per heavy atom. The lowest BCUT2D eigenvalue weighted by Gasteiger charge is -2.63. The van der Waals surface area contributed by atoms with Gasteiger partial charge in [-0.15, -0.1) is 5.10 Å². The lowest BCUT2D eigenvalue weighted by Crippen LogP contribution is -2.71. The van der Waals surface area contributed by atoms with Gasteiger partial charge in [-0.1, -0.05) is 0 Å². The van der Waals surface area contributed by atoms with E-state index in [1.54, 1.807) is 0 Å². The highest BCUT2D eigenvalue weighted by Crippen LogP contribution is 2.56. The fraction of sp³-hybridized carbons (Fsp3) is 0.773. The van der Waals surface area contributed by atoms with Gasteiger partial charge >= 0.3 is 12.2 Å². The van der Waals surface area contributed by atoms with Crippen molar-refractivity contribution in [2.75, 3.05) is 26.2 Å². The number of likely N-dealkylation sites (tertiary alicyclic amines) is 2. The molecule has 0 bridgehead atoms. The number of carbonyl (C=O) groups is 1. The summed E-state index contributed by atoms with van der Waals surface area (Å²) >= 11 is 0. The summed E-state index contributed by atoms with van der Waals surface area (Å²) in [5.41, 5.74) is 0.395. The first-order chi connectivity index (χ1) is 16.2. The smallest absolute Gasteiger partial charge is 0.323 e. The second kappa shape index (κ2) is 6.72. The SMILES string of the molecule is O=C(N1CC2(CC(Cc3nc(C(F)(F)F)n[nH]3)C2)C1)N1CC2(CC(n3cnc(C4CC4)n3)C2)C1. The van der Waals surface area contributed by atoms with E-state index in [1.165, 1.54) is 12.8 Å². The minimum absolute atomic E-state index is 0.130. The topological polar surface area (TPSA) is 95.8 Å². The Morgan fingerprint density at radius 2 is 1.71 bits per heavy atom. The maximum atomic E-state index is 12.9. The van der Waals surface area contributed by atoms with Crippen molar-refractivity contribution < 1.29 is 18.0 Å². The highest BCUT2D eigenvalue weighted by Gasteiger charge is 2.58. The number of halogens is 3. The molecule has 2 saturated heterocycles. The van der Waals surface area contributed by atoms with Crippen molar-refractivity contribution in [3.63, 3.8) is 0 Å². The molecule has 0 radical (unpaired) electrons. The molecule has 1 N–H and O–H groups in total. The third-order valence-electron chi connectivity index (χ3n) is 8.54. The zero-order chi connectivity index (χ0) is 23.3. The molecule has 5 fully saturated rings. The Kier molecular flexibility index (Phi) is 4.09. The number of hydrogen-bond donors (Lipinski definition) is 1. The second-order valence-corrected chi connectivity index (χ2v) is 11.5. The average Bonchev–Trinajstić information content (AvgIpc) is 3.19. The van der Waals surface area contributed by atoms with Crippen LogP contribution in [-0.4, -0.2) is 72.0 Å². The van der Waals surface area contributed by atoms with E-state index in [9.17, 15) is 18.0 Å². The van der Waals surface area contributed by atoms with Crippen molar-refractivity contribution >= 4 is 6.03 Å². The monoisotopic (exact) mass is 476 g/mol. The number of rotatable bonds is 4. The molecule has 34 heavy (non-hydrogen) atoms. The highest BCUT2D eigenvalue weighted by molar-refractivity contribution is 5.77. The first kappa shape index (κ1) is 20.7. The second-order valence-electron chi connectivity index (χ2n) is 11.5. The van der Waals surface area contributed by atoms with Crippen LogP contribution in [0.1, 0.15) is 68.0 Å². The van der Waals surface area contributed by atoms with Gasteiger partial charge in [-0.25, -0.2) is 19.4 Å². The molecule has 0 unspecified atom stereocenters. The van der Waals surface area contributed by atoms with Gasteiger partial charge in [0.1, 0.15) is 12.2 Å². The van der Waals surface area contributed by atoms with Gasteiger partial charge in [0.25, 0.3) is 5.82 Å². The van der Waals surface area contributed by atoms with E-state index >= 15 is 0 Å². The molecule has 182 valence electrons. The maximum Gasteiger partial charge on any atom is 0.453 e. The molecule has 2 spiro atoms. The van der Waals surface area contributed by atoms with E-state index in [4.69, 9.17) is 0 Å². The lowest BCUT2D eigenvalue weighted by molar-refractivity contribution is -0.144. The van der Waals surface area contributed by atoms with Crippen molar-refractivity contribution in [1.29, 1.82) is 0 Å². The quantitative estimate of drug-likeness (QED) is 0.732. The first-order valence-electron chi connectivity index (χ1n) is 12.1. The number of alkyl halides is 3. The van der Waals surface area contributed by atoms with Gasteiger partial charge in [-0.3, -0.25) is 5.10 Å². The van der Waals surface area contributed by atoms with Crippen LogP contribution in [0.4, 0.5) is 18.0 Å². The fourth-order valence-corrected chi connectivity index (χ4v) is 6.73. The zero-order valence-corrected chi connectivity index (χ0v) is 18.8.